The van der Waals surface area contributed by atoms with E-state index < -0.39 is 22.9 Å². The number of carbonyl (C=O) groups excluding carboxylic acids is 1. The van der Waals surface area contributed by atoms with Crippen molar-refractivity contribution in [1.82, 2.24) is 0 Å². The minimum absolute atomic E-state index is 0.0836. The van der Waals surface area contributed by atoms with Crippen LogP contribution in [0, 0.1) is 0 Å². The number of thioether (sulfide) groups is 1. The molecule has 0 radical (unpaired) electrons. The average molecular weight is 538 g/mol. The zero-order valence-corrected chi connectivity index (χ0v) is 21.0. The highest BCUT2D eigenvalue weighted by molar-refractivity contribution is 8.00. The summed E-state index contributed by atoms with van der Waals surface area (Å²) in [4.78, 5) is 14.0. The van der Waals surface area contributed by atoms with Crippen molar-refractivity contribution in [3.8, 4) is 0 Å². The van der Waals surface area contributed by atoms with Crippen LogP contribution in [0.5, 0.6) is 0 Å². The Morgan fingerprint density at radius 3 is 1.89 bits per heavy atom. The van der Waals surface area contributed by atoms with Crippen molar-refractivity contribution in [2.45, 2.75) is 16.3 Å². The minimum Gasteiger partial charge on any atom is -0.332 e. The van der Waals surface area contributed by atoms with Crippen LogP contribution < -0.4 is 16.0 Å². The molecule has 0 saturated carbocycles. The van der Waals surface area contributed by atoms with Crippen molar-refractivity contribution in [2.24, 2.45) is 0 Å². The molecule has 0 aliphatic carbocycles. The summed E-state index contributed by atoms with van der Waals surface area (Å²) in [6.07, 6.45) is -4.50. The highest BCUT2D eigenvalue weighted by Gasteiger charge is 2.31. The van der Waals surface area contributed by atoms with Crippen LogP contribution in [0.15, 0.2) is 114 Å². The number of alkyl halides is 3. The number of hydrogen-bond acceptors (Lipinski definition) is 3. The zero-order chi connectivity index (χ0) is 26.3. The van der Waals surface area contributed by atoms with Gasteiger partial charge in [0.2, 0.25) is 5.91 Å². The van der Waals surface area contributed by atoms with Crippen molar-refractivity contribution < 1.29 is 18.0 Å². The number of para-hydroxylation sites is 1. The molecule has 4 aromatic rings. The Bertz CT molecular complexity index is 1350. The zero-order valence-electron chi connectivity index (χ0n) is 19.3. The Kier molecular flexibility index (Phi) is 8.47. The van der Waals surface area contributed by atoms with E-state index in [0.29, 0.717) is 5.11 Å². The number of halogens is 3. The van der Waals surface area contributed by atoms with Crippen LogP contribution >= 0.6 is 24.0 Å². The van der Waals surface area contributed by atoms with Gasteiger partial charge in [0.15, 0.2) is 5.11 Å². The van der Waals surface area contributed by atoms with Gasteiger partial charge in [-0.15, -0.1) is 11.8 Å². The number of hydrogen-bond donors (Lipinski definition) is 3. The molecule has 1 unspecified atom stereocenters. The first-order chi connectivity index (χ1) is 17.8. The first kappa shape index (κ1) is 26.2. The Balaban J connectivity index is 1.46. The summed E-state index contributed by atoms with van der Waals surface area (Å²) in [5, 5.41) is 8.61. The predicted octanol–water partition coefficient (Wildman–Crippen LogP) is 7.99. The molecule has 1 atom stereocenters. The van der Waals surface area contributed by atoms with Crippen molar-refractivity contribution in [1.29, 1.82) is 0 Å². The van der Waals surface area contributed by atoms with E-state index in [1.807, 2.05) is 84.9 Å². The van der Waals surface area contributed by atoms with Gasteiger partial charge >= 0.3 is 6.18 Å². The van der Waals surface area contributed by atoms with Crippen LogP contribution in [0.1, 0.15) is 16.4 Å². The Morgan fingerprint density at radius 2 is 1.27 bits per heavy atom. The molecule has 37 heavy (non-hydrogen) atoms. The molecule has 0 aliphatic heterocycles. The molecule has 4 rings (SSSR count). The number of nitrogens with one attached hydrogen (secondary N) is 3. The maximum Gasteiger partial charge on any atom is 0.416 e. The van der Waals surface area contributed by atoms with E-state index in [2.05, 4.69) is 16.0 Å². The molecule has 4 nitrogen and oxygen atoms in total. The molecular weight excluding hydrogens is 515 g/mol. The summed E-state index contributed by atoms with van der Waals surface area (Å²) in [5.74, 6) is -0.425. The van der Waals surface area contributed by atoms with Crippen molar-refractivity contribution in [3.05, 3.63) is 120 Å². The van der Waals surface area contributed by atoms with Crippen molar-refractivity contribution >= 4 is 52.1 Å². The van der Waals surface area contributed by atoms with Gasteiger partial charge in [0.05, 0.1) is 5.56 Å². The Labute approximate surface area is 222 Å². The summed E-state index contributed by atoms with van der Waals surface area (Å²) in [7, 11) is 0. The highest BCUT2D eigenvalue weighted by atomic mass is 32.2. The van der Waals surface area contributed by atoms with Crippen molar-refractivity contribution in [2.75, 3.05) is 16.0 Å². The number of amides is 1. The fraction of sp³-hybridized carbons (Fsp3) is 0.0714. The molecule has 9 heteroatoms. The van der Waals surface area contributed by atoms with E-state index in [0.717, 1.165) is 34.0 Å². The maximum absolute atomic E-state index is 13.2. The fourth-order valence-corrected chi connectivity index (χ4v) is 4.71. The highest BCUT2D eigenvalue weighted by Crippen LogP contribution is 2.37. The smallest absolute Gasteiger partial charge is 0.332 e. The van der Waals surface area contributed by atoms with Crippen LogP contribution in [0.4, 0.5) is 30.2 Å². The van der Waals surface area contributed by atoms with Gasteiger partial charge in [0.1, 0.15) is 5.25 Å². The van der Waals surface area contributed by atoms with Gasteiger partial charge in [-0.1, -0.05) is 54.6 Å². The topological polar surface area (TPSA) is 53.2 Å². The van der Waals surface area contributed by atoms with Crippen LogP contribution in [-0.4, -0.2) is 11.0 Å². The molecule has 0 saturated heterocycles. The van der Waals surface area contributed by atoms with E-state index in [1.54, 1.807) is 0 Å². The third-order valence-corrected chi connectivity index (χ3v) is 6.67. The van der Waals surface area contributed by atoms with Gasteiger partial charge in [-0.25, -0.2) is 0 Å². The van der Waals surface area contributed by atoms with Gasteiger partial charge in [0.25, 0.3) is 0 Å². The Morgan fingerprint density at radius 1 is 0.703 bits per heavy atom. The summed E-state index contributed by atoms with van der Waals surface area (Å²) in [5.41, 5.74) is 1.62. The molecule has 0 bridgehead atoms. The number of anilines is 3. The SMILES string of the molecule is O=C(Nc1cccc(C(F)(F)F)c1)C(Sc1ccc(NC(=S)Nc2ccccc2)cc1)c1ccccc1. The summed E-state index contributed by atoms with van der Waals surface area (Å²) in [6.45, 7) is 0. The van der Waals surface area contributed by atoms with E-state index in [9.17, 15) is 18.0 Å². The van der Waals surface area contributed by atoms with Gasteiger partial charge in [0, 0.05) is 22.0 Å². The number of rotatable bonds is 7. The quantitative estimate of drug-likeness (QED) is 0.165. The fourth-order valence-electron chi connectivity index (χ4n) is 3.45. The molecule has 0 aromatic heterocycles. The lowest BCUT2D eigenvalue weighted by Gasteiger charge is -2.18. The standard InChI is InChI=1S/C28H22F3N3OS2/c29-28(30,31)20-10-7-13-23(18-20)32-26(35)25(19-8-3-1-4-9-19)37-24-16-14-22(15-17-24)34-27(36)33-21-11-5-2-6-12-21/h1-18,25H,(H,32,35)(H2,33,34,36). The van der Waals surface area contributed by atoms with Gasteiger partial charge in [-0.3, -0.25) is 4.79 Å². The molecule has 188 valence electrons. The summed E-state index contributed by atoms with van der Waals surface area (Å²) in [6, 6.07) is 30.6. The van der Waals surface area contributed by atoms with Gasteiger partial charge < -0.3 is 16.0 Å². The van der Waals surface area contributed by atoms with Gasteiger partial charge in [-0.2, -0.15) is 13.2 Å². The second-order valence-corrected chi connectivity index (χ2v) is 9.53. The normalized spacial score (nSPS) is 11.9. The molecule has 0 aliphatic rings. The summed E-state index contributed by atoms with van der Waals surface area (Å²) >= 11 is 6.66. The molecule has 1 amide bonds. The largest absolute Gasteiger partial charge is 0.416 e. The lowest BCUT2D eigenvalue weighted by molar-refractivity contribution is -0.137. The molecule has 0 spiro atoms. The molecule has 3 N–H and O–H groups in total. The monoisotopic (exact) mass is 537 g/mol. The average Bonchev–Trinajstić information content (AvgIpc) is 2.89. The second kappa shape index (κ2) is 11.9. The van der Waals surface area contributed by atoms with Crippen LogP contribution in [0.25, 0.3) is 0 Å². The first-order valence-corrected chi connectivity index (χ1v) is 12.5. The maximum atomic E-state index is 13.2. The third-order valence-electron chi connectivity index (χ3n) is 5.20. The van der Waals surface area contributed by atoms with Crippen LogP contribution in [0.2, 0.25) is 0 Å². The van der Waals surface area contributed by atoms with Gasteiger partial charge in [-0.05, 0) is 72.4 Å². The lowest BCUT2D eigenvalue weighted by Crippen LogP contribution is -2.19. The van der Waals surface area contributed by atoms with E-state index >= 15 is 0 Å². The molecule has 0 fully saturated rings. The second-order valence-electron chi connectivity index (χ2n) is 7.95. The molecule has 4 aromatic carbocycles. The van der Waals surface area contributed by atoms with E-state index in [1.165, 1.54) is 23.9 Å². The minimum atomic E-state index is -4.50. The third kappa shape index (κ3) is 7.58. The number of thiocarbonyl (C=S) groups is 1. The predicted molar refractivity (Wildman–Crippen MR) is 148 cm³/mol. The number of benzene rings is 4. The van der Waals surface area contributed by atoms with Crippen LogP contribution in [-0.2, 0) is 11.0 Å². The first-order valence-electron chi connectivity index (χ1n) is 11.2. The van der Waals surface area contributed by atoms with E-state index in [4.69, 9.17) is 12.2 Å². The molecular formula is C28H22F3N3OS2. The Hall–Kier alpha value is -3.82. The van der Waals surface area contributed by atoms with Crippen LogP contribution in [0.3, 0.4) is 0 Å². The molecule has 0 heterocycles. The lowest BCUT2D eigenvalue weighted by atomic mass is 10.1. The van der Waals surface area contributed by atoms with Crippen molar-refractivity contribution in [3.63, 3.8) is 0 Å². The van der Waals surface area contributed by atoms with E-state index in [-0.39, 0.29) is 5.69 Å². The number of carbonyl (C=O) groups is 1. The summed E-state index contributed by atoms with van der Waals surface area (Å²) < 4.78 is 39.3.